The minimum Gasteiger partial charge on any atom is -0.482 e. The fraction of sp³-hybridized carbons (Fsp3) is 0.250. The van der Waals surface area contributed by atoms with Crippen molar-refractivity contribution in [2.75, 3.05) is 18.1 Å². The molecule has 2 amide bonds. The fourth-order valence-corrected chi connectivity index (χ4v) is 7.31. The largest absolute Gasteiger partial charge is 0.482 e. The average Bonchev–Trinajstić information content (AvgIpc) is 3.33. The Balaban J connectivity index is 1.61. The molecule has 3 heterocycles. The Labute approximate surface area is 220 Å². The van der Waals surface area contributed by atoms with Crippen LogP contribution in [0.2, 0.25) is 0 Å². The summed E-state index contributed by atoms with van der Waals surface area (Å²) in [6.07, 6.45) is 0. The highest BCUT2D eigenvalue weighted by atomic mass is 79.9. The van der Waals surface area contributed by atoms with E-state index < -0.39 is 40.7 Å². The number of thiazole rings is 1. The number of benzene rings is 2. The fourth-order valence-electron chi connectivity index (χ4n) is 4.43. The van der Waals surface area contributed by atoms with Gasteiger partial charge in [-0.3, -0.25) is 14.4 Å². The number of thioether (sulfide) groups is 1. The molecule has 0 aliphatic carbocycles. The predicted octanol–water partition coefficient (Wildman–Crippen LogP) is 4.08. The molecule has 2 aromatic carbocycles. The number of anilines is 1. The van der Waals surface area contributed by atoms with E-state index >= 15 is 0 Å². The molecule has 1 fully saturated rings. The maximum Gasteiger partial charge on any atom is 0.344 e. The molecule has 186 valence electrons. The van der Waals surface area contributed by atoms with Gasteiger partial charge in [-0.15, -0.1) is 0 Å². The normalized spacial score (nSPS) is 20.8. The summed E-state index contributed by atoms with van der Waals surface area (Å²) in [6.45, 7) is 1.55. The van der Waals surface area contributed by atoms with Crippen molar-refractivity contribution in [3.8, 4) is 5.75 Å². The van der Waals surface area contributed by atoms with Crippen molar-refractivity contribution in [3.05, 3.63) is 72.9 Å². The first-order valence-corrected chi connectivity index (χ1v) is 13.4. The molecule has 12 heteroatoms. The molecule has 8 nitrogen and oxygen atoms in total. The van der Waals surface area contributed by atoms with Crippen LogP contribution in [0, 0.1) is 11.7 Å². The van der Waals surface area contributed by atoms with Gasteiger partial charge in [-0.1, -0.05) is 39.0 Å². The maximum atomic E-state index is 13.8. The summed E-state index contributed by atoms with van der Waals surface area (Å²) in [6, 6.07) is 10.3. The predicted molar refractivity (Wildman–Crippen MR) is 135 cm³/mol. The number of nitrogens with zero attached hydrogens (tertiary/aromatic N) is 1. The van der Waals surface area contributed by atoms with Crippen LogP contribution >= 0.6 is 39.0 Å². The van der Waals surface area contributed by atoms with E-state index in [1.807, 2.05) is 0 Å². The molecule has 0 bridgehead atoms. The number of hydrogen-bond acceptors (Lipinski definition) is 8. The number of halogens is 2. The van der Waals surface area contributed by atoms with Gasteiger partial charge in [-0.05, 0) is 49.4 Å². The number of aromatic nitrogens is 1. The summed E-state index contributed by atoms with van der Waals surface area (Å²) < 4.78 is 24.9. The Morgan fingerprint density at radius 1 is 1.14 bits per heavy atom. The van der Waals surface area contributed by atoms with E-state index in [9.17, 15) is 23.6 Å². The van der Waals surface area contributed by atoms with Crippen molar-refractivity contribution in [2.24, 2.45) is 5.92 Å². The topological polar surface area (TPSA) is 106 Å². The zero-order valence-electron chi connectivity index (χ0n) is 18.7. The minimum atomic E-state index is -0.856. The lowest BCUT2D eigenvalue weighted by atomic mass is 9.82. The number of hydrogen-bond donors (Lipinski definition) is 1. The molecule has 2 aliphatic heterocycles. The summed E-state index contributed by atoms with van der Waals surface area (Å²) in [4.78, 5) is 55.6. The summed E-state index contributed by atoms with van der Waals surface area (Å²) in [5.74, 6) is -3.18. The molecule has 3 aromatic rings. The van der Waals surface area contributed by atoms with Gasteiger partial charge < -0.3 is 14.5 Å². The van der Waals surface area contributed by atoms with Crippen LogP contribution in [0.4, 0.5) is 10.1 Å². The number of H-pyrrole nitrogens is 1. The molecular weight excluding hydrogens is 575 g/mol. The lowest BCUT2D eigenvalue weighted by molar-refractivity contribution is -0.145. The van der Waals surface area contributed by atoms with Gasteiger partial charge in [-0.2, -0.15) is 0 Å². The molecule has 36 heavy (non-hydrogen) atoms. The Bertz CT molecular complexity index is 1420. The van der Waals surface area contributed by atoms with Gasteiger partial charge in [0.2, 0.25) is 11.8 Å². The van der Waals surface area contributed by atoms with E-state index in [0.717, 1.165) is 28.0 Å². The zero-order chi connectivity index (χ0) is 25.6. The second-order valence-corrected chi connectivity index (χ2v) is 11.1. The first-order valence-electron chi connectivity index (χ1n) is 10.9. The smallest absolute Gasteiger partial charge is 0.344 e. The van der Waals surface area contributed by atoms with Crippen LogP contribution in [0.5, 0.6) is 5.75 Å². The van der Waals surface area contributed by atoms with Gasteiger partial charge in [0.15, 0.2) is 6.61 Å². The van der Waals surface area contributed by atoms with Gasteiger partial charge in [-0.25, -0.2) is 14.1 Å². The van der Waals surface area contributed by atoms with Crippen LogP contribution in [0.25, 0.3) is 0 Å². The van der Waals surface area contributed by atoms with Crippen molar-refractivity contribution >= 4 is 62.5 Å². The standard InChI is InChI=1S/C24H18BrFN2O6S2/c1-2-33-16(29)10-34-15-8-3-11(25)9-14(15)17-18-20(35-21-19(17)36-24(32)27-21)23(31)28(22(18)30)13-6-4-12(26)5-7-13/h3-9,17-18,20H,2,10H2,1H3,(H,27,32). The highest BCUT2D eigenvalue weighted by molar-refractivity contribution is 9.10. The van der Waals surface area contributed by atoms with E-state index in [-0.39, 0.29) is 23.8 Å². The Hall–Kier alpha value is -2.96. The van der Waals surface area contributed by atoms with Crippen molar-refractivity contribution in [2.45, 2.75) is 23.1 Å². The number of carbonyl (C=O) groups excluding carboxylic acids is 3. The summed E-state index contributed by atoms with van der Waals surface area (Å²) in [5, 5.41) is -0.308. The molecule has 2 aliphatic rings. The molecule has 1 saturated heterocycles. The summed E-state index contributed by atoms with van der Waals surface area (Å²) >= 11 is 5.55. The van der Waals surface area contributed by atoms with E-state index in [4.69, 9.17) is 9.47 Å². The monoisotopic (exact) mass is 592 g/mol. The molecular formula is C24H18BrFN2O6S2. The number of ether oxygens (including phenoxy) is 2. The number of aromatic amines is 1. The molecule has 5 rings (SSSR count). The summed E-state index contributed by atoms with van der Waals surface area (Å²) in [5.41, 5.74) is 0.813. The van der Waals surface area contributed by atoms with Crippen molar-refractivity contribution in [1.82, 2.24) is 4.98 Å². The van der Waals surface area contributed by atoms with Gasteiger partial charge in [0.05, 0.1) is 23.2 Å². The molecule has 3 unspecified atom stereocenters. The van der Waals surface area contributed by atoms with Crippen LogP contribution in [0.1, 0.15) is 23.3 Å². The highest BCUT2D eigenvalue weighted by Gasteiger charge is 2.56. The number of nitrogens with one attached hydrogen (secondary N) is 1. The SMILES string of the molecule is CCOC(=O)COc1ccc(Br)cc1C1c2sc(=O)[nH]c2SC2C(=O)N(c3ccc(F)cc3)C(=O)C21. The second-order valence-electron chi connectivity index (χ2n) is 8.01. The molecule has 0 radical (unpaired) electrons. The zero-order valence-corrected chi connectivity index (χ0v) is 21.9. The first kappa shape index (κ1) is 24.7. The lowest BCUT2D eigenvalue weighted by Crippen LogP contribution is -2.32. The number of fused-ring (bicyclic) bond motifs is 2. The lowest BCUT2D eigenvalue weighted by Gasteiger charge is -2.31. The van der Waals surface area contributed by atoms with E-state index in [1.165, 1.54) is 24.3 Å². The highest BCUT2D eigenvalue weighted by Crippen LogP contribution is 2.54. The second kappa shape index (κ2) is 9.83. The van der Waals surface area contributed by atoms with Gasteiger partial charge in [0.1, 0.15) is 16.8 Å². The minimum absolute atomic E-state index is 0.204. The van der Waals surface area contributed by atoms with Crippen LogP contribution in [-0.2, 0) is 19.1 Å². The third-order valence-corrected chi connectivity index (χ3v) is 8.76. The van der Waals surface area contributed by atoms with Crippen LogP contribution < -0.4 is 14.5 Å². The van der Waals surface area contributed by atoms with Crippen LogP contribution in [0.3, 0.4) is 0 Å². The number of amides is 2. The molecule has 0 spiro atoms. The van der Waals surface area contributed by atoms with Crippen molar-refractivity contribution in [1.29, 1.82) is 0 Å². The number of carbonyl (C=O) groups is 3. The Morgan fingerprint density at radius 2 is 1.89 bits per heavy atom. The van der Waals surface area contributed by atoms with Gasteiger partial charge in [0.25, 0.3) is 0 Å². The number of rotatable bonds is 6. The van der Waals surface area contributed by atoms with E-state index in [2.05, 4.69) is 20.9 Å². The number of esters is 1. The van der Waals surface area contributed by atoms with E-state index in [1.54, 1.807) is 25.1 Å². The third-order valence-electron chi connectivity index (χ3n) is 5.87. The molecule has 1 aromatic heterocycles. The van der Waals surface area contributed by atoms with Crippen LogP contribution in [-0.4, -0.2) is 41.2 Å². The first-order chi connectivity index (χ1) is 17.3. The Morgan fingerprint density at radius 3 is 2.61 bits per heavy atom. The van der Waals surface area contributed by atoms with Gasteiger partial charge >= 0.3 is 10.8 Å². The molecule has 1 N–H and O–H groups in total. The van der Waals surface area contributed by atoms with E-state index in [0.29, 0.717) is 25.7 Å². The van der Waals surface area contributed by atoms with Crippen LogP contribution in [0.15, 0.2) is 56.8 Å². The van der Waals surface area contributed by atoms with Crippen molar-refractivity contribution < 1.29 is 28.2 Å². The third kappa shape index (κ3) is 4.37. The molecule has 3 atom stereocenters. The summed E-state index contributed by atoms with van der Waals surface area (Å²) in [7, 11) is 0. The molecule has 0 saturated carbocycles. The number of imide groups is 1. The Kier molecular flexibility index (Phi) is 6.75. The maximum absolute atomic E-state index is 13.8. The van der Waals surface area contributed by atoms with Crippen molar-refractivity contribution in [3.63, 3.8) is 0 Å². The van der Waals surface area contributed by atoms with Gasteiger partial charge in [0, 0.05) is 20.8 Å². The quantitative estimate of drug-likeness (QED) is 0.339. The average molecular weight is 593 g/mol.